The summed E-state index contributed by atoms with van der Waals surface area (Å²) in [4.78, 5) is 5.00. The van der Waals surface area contributed by atoms with E-state index in [-0.39, 0.29) is 4.90 Å². The van der Waals surface area contributed by atoms with Crippen molar-refractivity contribution in [1.82, 2.24) is 9.29 Å². The molecule has 0 bridgehead atoms. The molecule has 0 fully saturated rings. The third-order valence-corrected chi connectivity index (χ3v) is 6.06. The fraction of sp³-hybridized carbons (Fsp3) is 0.182. The average molecular weight is 377 g/mol. The van der Waals surface area contributed by atoms with Crippen molar-refractivity contribution in [3.05, 3.63) is 39.1 Å². The van der Waals surface area contributed by atoms with Crippen molar-refractivity contribution in [2.75, 3.05) is 12.5 Å². The van der Waals surface area contributed by atoms with Crippen LogP contribution in [-0.4, -0.2) is 24.8 Å². The Kier molecular flexibility index (Phi) is 4.76. The van der Waals surface area contributed by atoms with Crippen LogP contribution in [0.4, 0.5) is 5.82 Å². The van der Waals surface area contributed by atoms with Gasteiger partial charge in [-0.15, -0.1) is 11.3 Å². The Morgan fingerprint density at radius 1 is 1.50 bits per heavy atom. The van der Waals surface area contributed by atoms with Gasteiger partial charge in [-0.2, -0.15) is 4.31 Å². The molecule has 0 saturated carbocycles. The first-order valence-corrected chi connectivity index (χ1v) is 8.66. The van der Waals surface area contributed by atoms with E-state index in [0.717, 1.165) is 9.35 Å². The Bertz CT molecular complexity index is 685. The van der Waals surface area contributed by atoms with Crippen LogP contribution in [0.3, 0.4) is 0 Å². The molecule has 2 rings (SSSR count). The molecule has 2 aromatic heterocycles. The molecule has 0 atom stereocenters. The largest absolute Gasteiger partial charge is 0.308 e. The number of nitrogens with one attached hydrogen (secondary N) is 1. The van der Waals surface area contributed by atoms with Gasteiger partial charge in [-0.1, -0.05) is 0 Å². The molecule has 0 spiro atoms. The zero-order valence-electron chi connectivity index (χ0n) is 10.6. The van der Waals surface area contributed by atoms with Crippen LogP contribution >= 0.6 is 27.3 Å². The summed E-state index contributed by atoms with van der Waals surface area (Å²) in [6, 6.07) is 4.89. The topological polar surface area (TPSA) is 88.3 Å². The van der Waals surface area contributed by atoms with E-state index < -0.39 is 10.0 Å². The molecule has 0 aliphatic carbocycles. The van der Waals surface area contributed by atoms with Gasteiger partial charge in [0.15, 0.2) is 0 Å². The van der Waals surface area contributed by atoms with Crippen LogP contribution in [0.15, 0.2) is 39.1 Å². The highest BCUT2D eigenvalue weighted by molar-refractivity contribution is 9.10. The Morgan fingerprint density at radius 3 is 2.75 bits per heavy atom. The Balaban J connectivity index is 2.19. The Morgan fingerprint density at radius 2 is 2.25 bits per heavy atom. The summed E-state index contributed by atoms with van der Waals surface area (Å²) in [6.07, 6.45) is 1.28. The third kappa shape index (κ3) is 3.36. The smallest absolute Gasteiger partial charge is 0.244 e. The molecule has 0 aromatic carbocycles. The van der Waals surface area contributed by atoms with Crippen LogP contribution in [0, 0.1) is 0 Å². The number of sulfonamides is 1. The van der Waals surface area contributed by atoms with Gasteiger partial charge in [0.2, 0.25) is 10.0 Å². The lowest BCUT2D eigenvalue weighted by atomic mass is 10.5. The molecule has 2 heterocycles. The van der Waals surface area contributed by atoms with E-state index in [0.29, 0.717) is 12.4 Å². The van der Waals surface area contributed by atoms with Crippen molar-refractivity contribution in [3.8, 4) is 0 Å². The molecule has 0 radical (unpaired) electrons. The number of thiophene rings is 1. The maximum atomic E-state index is 12.4. The second-order valence-electron chi connectivity index (χ2n) is 4.02. The SMILES string of the molecule is CN(Cc1cc(Br)cs1)S(=O)(=O)c1ccc(NN)nc1. The lowest BCUT2D eigenvalue weighted by molar-refractivity contribution is 0.469. The van der Waals surface area contributed by atoms with E-state index in [1.165, 1.54) is 41.0 Å². The normalized spacial score (nSPS) is 11.8. The number of hydrogen-bond donors (Lipinski definition) is 2. The van der Waals surface area contributed by atoms with Crippen LogP contribution in [0.25, 0.3) is 0 Å². The van der Waals surface area contributed by atoms with Gasteiger partial charge < -0.3 is 5.43 Å². The summed E-state index contributed by atoms with van der Waals surface area (Å²) in [5.74, 6) is 5.61. The highest BCUT2D eigenvalue weighted by Gasteiger charge is 2.21. The van der Waals surface area contributed by atoms with E-state index in [2.05, 4.69) is 26.3 Å². The molecule has 0 amide bonds. The Hall–Kier alpha value is -1.00. The maximum Gasteiger partial charge on any atom is 0.244 e. The molecule has 0 aliphatic heterocycles. The number of rotatable bonds is 5. The first kappa shape index (κ1) is 15.4. The summed E-state index contributed by atoms with van der Waals surface area (Å²) in [5.41, 5.74) is 2.35. The van der Waals surface area contributed by atoms with Crippen LogP contribution in [-0.2, 0) is 16.6 Å². The summed E-state index contributed by atoms with van der Waals surface area (Å²) in [5, 5.41) is 1.92. The number of nitrogen functional groups attached to an aromatic ring is 1. The molecule has 9 heteroatoms. The van der Waals surface area contributed by atoms with Crippen LogP contribution in [0.2, 0.25) is 0 Å². The number of pyridine rings is 1. The van der Waals surface area contributed by atoms with Crippen molar-refractivity contribution in [3.63, 3.8) is 0 Å². The van der Waals surface area contributed by atoms with Gasteiger partial charge in [0.05, 0.1) is 0 Å². The number of nitrogens with two attached hydrogens (primary N) is 1. The first-order valence-electron chi connectivity index (χ1n) is 5.55. The zero-order valence-corrected chi connectivity index (χ0v) is 13.8. The lowest BCUT2D eigenvalue weighted by Gasteiger charge is -2.16. The summed E-state index contributed by atoms with van der Waals surface area (Å²) < 4.78 is 27.0. The van der Waals surface area contributed by atoms with Gasteiger partial charge in [0.1, 0.15) is 10.7 Å². The summed E-state index contributed by atoms with van der Waals surface area (Å²) >= 11 is 4.85. The molecular formula is C11H13BrN4O2S2. The molecular weight excluding hydrogens is 364 g/mol. The molecule has 2 aromatic rings. The van der Waals surface area contributed by atoms with Gasteiger partial charge in [0.25, 0.3) is 0 Å². The number of nitrogens with zero attached hydrogens (tertiary/aromatic N) is 2. The summed E-state index contributed by atoms with van der Waals surface area (Å²) in [7, 11) is -2.02. The fourth-order valence-corrected chi connectivity index (χ4v) is 4.22. The highest BCUT2D eigenvalue weighted by Crippen LogP contribution is 2.23. The first-order chi connectivity index (χ1) is 9.43. The van der Waals surface area contributed by atoms with Crippen molar-refractivity contribution in [1.29, 1.82) is 0 Å². The van der Waals surface area contributed by atoms with E-state index in [9.17, 15) is 8.42 Å². The van der Waals surface area contributed by atoms with Crippen LogP contribution in [0.5, 0.6) is 0 Å². The van der Waals surface area contributed by atoms with Crippen molar-refractivity contribution < 1.29 is 8.42 Å². The minimum atomic E-state index is -3.56. The number of hydrogen-bond acceptors (Lipinski definition) is 6. The lowest BCUT2D eigenvalue weighted by Crippen LogP contribution is -2.26. The minimum absolute atomic E-state index is 0.134. The van der Waals surface area contributed by atoms with Crippen LogP contribution < -0.4 is 11.3 Å². The van der Waals surface area contributed by atoms with Gasteiger partial charge in [0, 0.05) is 34.5 Å². The number of halogens is 1. The van der Waals surface area contributed by atoms with Crippen molar-refractivity contribution in [2.45, 2.75) is 11.4 Å². The quantitative estimate of drug-likeness (QED) is 0.615. The molecule has 6 nitrogen and oxygen atoms in total. The number of aromatic nitrogens is 1. The predicted molar refractivity (Wildman–Crippen MR) is 82.7 cm³/mol. The molecule has 20 heavy (non-hydrogen) atoms. The standard InChI is InChI=1S/C11H13BrN4O2S2/c1-16(6-9-4-8(12)7-19-9)20(17,18)10-2-3-11(15-13)14-5-10/h2-5,7H,6,13H2,1H3,(H,14,15). The summed E-state index contributed by atoms with van der Waals surface area (Å²) in [6.45, 7) is 0.315. The second kappa shape index (κ2) is 6.19. The third-order valence-electron chi connectivity index (χ3n) is 2.59. The van der Waals surface area contributed by atoms with E-state index >= 15 is 0 Å². The molecule has 0 saturated heterocycles. The number of hydrazine groups is 1. The van der Waals surface area contributed by atoms with Gasteiger partial charge in [-0.05, 0) is 34.1 Å². The molecule has 0 unspecified atom stereocenters. The van der Waals surface area contributed by atoms with Gasteiger partial charge in [-0.3, -0.25) is 0 Å². The van der Waals surface area contributed by atoms with Crippen molar-refractivity contribution in [2.24, 2.45) is 5.84 Å². The fourth-order valence-electron chi connectivity index (χ4n) is 1.54. The molecule has 3 N–H and O–H groups in total. The average Bonchev–Trinajstić information content (AvgIpc) is 2.84. The van der Waals surface area contributed by atoms with Crippen molar-refractivity contribution >= 4 is 43.1 Å². The number of anilines is 1. The van der Waals surface area contributed by atoms with E-state index in [4.69, 9.17) is 5.84 Å². The minimum Gasteiger partial charge on any atom is -0.308 e. The maximum absolute atomic E-state index is 12.4. The highest BCUT2D eigenvalue weighted by atomic mass is 79.9. The second-order valence-corrected chi connectivity index (χ2v) is 7.97. The van der Waals surface area contributed by atoms with Gasteiger partial charge in [-0.25, -0.2) is 19.2 Å². The van der Waals surface area contributed by atoms with Gasteiger partial charge >= 0.3 is 0 Å². The zero-order chi connectivity index (χ0) is 14.8. The predicted octanol–water partition coefficient (Wildman–Crippen LogP) is 2.01. The van der Waals surface area contributed by atoms with E-state index in [1.54, 1.807) is 0 Å². The molecule has 108 valence electrons. The van der Waals surface area contributed by atoms with Crippen LogP contribution in [0.1, 0.15) is 4.88 Å². The monoisotopic (exact) mass is 376 g/mol. The Labute approximate surface area is 129 Å². The molecule has 0 aliphatic rings. The van der Waals surface area contributed by atoms with E-state index in [1.807, 2.05) is 11.4 Å².